The van der Waals surface area contributed by atoms with Gasteiger partial charge in [0.1, 0.15) is 11.9 Å². The molecule has 0 spiro atoms. The smallest absolute Gasteiger partial charge is 0.245 e. The van der Waals surface area contributed by atoms with E-state index in [4.69, 9.17) is 0 Å². The van der Waals surface area contributed by atoms with Crippen LogP contribution in [0.2, 0.25) is 0 Å². The van der Waals surface area contributed by atoms with Crippen molar-refractivity contribution in [1.82, 2.24) is 14.7 Å². The van der Waals surface area contributed by atoms with Crippen molar-refractivity contribution in [3.8, 4) is 5.69 Å². The number of anilines is 1. The van der Waals surface area contributed by atoms with Crippen molar-refractivity contribution in [2.75, 3.05) is 11.9 Å². The zero-order valence-corrected chi connectivity index (χ0v) is 12.1. The molecule has 1 aromatic carbocycles. The average molecular weight is 300 g/mol. The summed E-state index contributed by atoms with van der Waals surface area (Å²) >= 11 is 0. The van der Waals surface area contributed by atoms with Gasteiger partial charge in [-0.2, -0.15) is 5.10 Å². The van der Waals surface area contributed by atoms with E-state index < -0.39 is 0 Å². The van der Waals surface area contributed by atoms with Gasteiger partial charge in [-0.15, -0.1) is 0 Å². The summed E-state index contributed by atoms with van der Waals surface area (Å²) in [5, 5.41) is 7.25. The van der Waals surface area contributed by atoms with E-state index in [0.29, 0.717) is 23.8 Å². The maximum Gasteiger partial charge on any atom is 0.245 e. The molecule has 114 valence electrons. The van der Waals surface area contributed by atoms with Crippen LogP contribution < -0.4 is 5.32 Å². The SMILES string of the molecule is O=C1C(Nc2c(F)cccc2-n2cccn2)CCN1C1CC1. The number of rotatable bonds is 4. The molecule has 1 saturated heterocycles. The van der Waals surface area contributed by atoms with E-state index in [1.807, 2.05) is 4.90 Å². The first-order valence-corrected chi connectivity index (χ1v) is 7.59. The predicted molar refractivity (Wildman–Crippen MR) is 80.3 cm³/mol. The zero-order valence-electron chi connectivity index (χ0n) is 12.1. The lowest BCUT2D eigenvalue weighted by Crippen LogP contribution is -2.35. The van der Waals surface area contributed by atoms with Crippen LogP contribution in [0.25, 0.3) is 5.69 Å². The minimum Gasteiger partial charge on any atom is -0.369 e. The molecule has 2 aliphatic rings. The quantitative estimate of drug-likeness (QED) is 0.941. The summed E-state index contributed by atoms with van der Waals surface area (Å²) in [5.41, 5.74) is 0.949. The molecule has 1 aliphatic heterocycles. The molecule has 2 fully saturated rings. The molecule has 1 aliphatic carbocycles. The highest BCUT2D eigenvalue weighted by atomic mass is 19.1. The van der Waals surface area contributed by atoms with Gasteiger partial charge in [0.15, 0.2) is 0 Å². The molecule has 1 N–H and O–H groups in total. The number of carbonyl (C=O) groups is 1. The third-order valence-electron chi connectivity index (χ3n) is 4.29. The highest BCUT2D eigenvalue weighted by molar-refractivity contribution is 5.88. The maximum absolute atomic E-state index is 14.3. The van der Waals surface area contributed by atoms with Gasteiger partial charge < -0.3 is 10.2 Å². The van der Waals surface area contributed by atoms with E-state index >= 15 is 0 Å². The lowest BCUT2D eigenvalue weighted by atomic mass is 10.2. The predicted octanol–water partition coefficient (Wildman–Crippen LogP) is 2.19. The third-order valence-corrected chi connectivity index (χ3v) is 4.29. The van der Waals surface area contributed by atoms with E-state index in [1.54, 1.807) is 35.3 Å². The Balaban J connectivity index is 1.62. The van der Waals surface area contributed by atoms with Crippen LogP contribution >= 0.6 is 0 Å². The summed E-state index contributed by atoms with van der Waals surface area (Å²) < 4.78 is 15.9. The fourth-order valence-electron chi connectivity index (χ4n) is 3.02. The van der Waals surface area contributed by atoms with E-state index in [0.717, 1.165) is 19.4 Å². The Bertz CT molecular complexity index is 696. The first kappa shape index (κ1) is 13.3. The van der Waals surface area contributed by atoms with Gasteiger partial charge in [0, 0.05) is 25.0 Å². The van der Waals surface area contributed by atoms with Gasteiger partial charge in [-0.1, -0.05) is 6.07 Å². The number of nitrogens with one attached hydrogen (secondary N) is 1. The summed E-state index contributed by atoms with van der Waals surface area (Å²) in [6.07, 6.45) is 6.30. The third kappa shape index (κ3) is 2.24. The monoisotopic (exact) mass is 300 g/mol. The van der Waals surface area contributed by atoms with Crippen molar-refractivity contribution < 1.29 is 9.18 Å². The Hall–Kier alpha value is -2.37. The van der Waals surface area contributed by atoms with Gasteiger partial charge in [0.2, 0.25) is 5.91 Å². The van der Waals surface area contributed by atoms with Crippen LogP contribution in [0.1, 0.15) is 19.3 Å². The van der Waals surface area contributed by atoms with E-state index in [2.05, 4.69) is 10.4 Å². The Morgan fingerprint density at radius 2 is 2.09 bits per heavy atom. The number of halogens is 1. The molecule has 1 amide bonds. The van der Waals surface area contributed by atoms with Crippen LogP contribution in [0.5, 0.6) is 0 Å². The minimum atomic E-state index is -0.370. The number of hydrogen-bond donors (Lipinski definition) is 1. The van der Waals surface area contributed by atoms with Crippen LogP contribution in [0.4, 0.5) is 10.1 Å². The van der Waals surface area contributed by atoms with Gasteiger partial charge >= 0.3 is 0 Å². The molecule has 1 atom stereocenters. The molecule has 2 aromatic rings. The number of hydrogen-bond acceptors (Lipinski definition) is 3. The molecular formula is C16H17FN4O. The Kier molecular flexibility index (Phi) is 3.10. The lowest BCUT2D eigenvalue weighted by molar-refractivity contribution is -0.128. The van der Waals surface area contributed by atoms with E-state index in [1.165, 1.54) is 6.07 Å². The number of carbonyl (C=O) groups excluding carboxylic acids is 1. The molecule has 22 heavy (non-hydrogen) atoms. The van der Waals surface area contributed by atoms with Crippen LogP contribution in [-0.2, 0) is 4.79 Å². The molecule has 0 radical (unpaired) electrons. The Morgan fingerprint density at radius 3 is 2.82 bits per heavy atom. The van der Waals surface area contributed by atoms with Gasteiger partial charge in [0.05, 0.1) is 11.4 Å². The topological polar surface area (TPSA) is 50.2 Å². The van der Waals surface area contributed by atoms with Gasteiger partial charge in [-0.25, -0.2) is 9.07 Å². The van der Waals surface area contributed by atoms with Crippen molar-refractivity contribution in [2.45, 2.75) is 31.3 Å². The Morgan fingerprint density at radius 1 is 1.23 bits per heavy atom. The summed E-state index contributed by atoms with van der Waals surface area (Å²) in [6, 6.07) is 6.66. The number of benzene rings is 1. The van der Waals surface area contributed by atoms with Gasteiger partial charge in [0.25, 0.3) is 0 Å². The molecular weight excluding hydrogens is 283 g/mol. The molecule has 0 bridgehead atoms. The highest BCUT2D eigenvalue weighted by Gasteiger charge is 2.40. The number of amides is 1. The highest BCUT2D eigenvalue weighted by Crippen LogP contribution is 2.32. The van der Waals surface area contributed by atoms with Crippen LogP contribution in [0.3, 0.4) is 0 Å². The van der Waals surface area contributed by atoms with Gasteiger partial charge in [-0.05, 0) is 37.5 Å². The number of para-hydroxylation sites is 1. The molecule has 2 heterocycles. The van der Waals surface area contributed by atoms with Crippen molar-refractivity contribution in [2.24, 2.45) is 0 Å². The van der Waals surface area contributed by atoms with Crippen LogP contribution in [0, 0.1) is 5.82 Å². The number of likely N-dealkylation sites (tertiary alicyclic amines) is 1. The summed E-state index contributed by atoms with van der Waals surface area (Å²) in [6.45, 7) is 0.757. The van der Waals surface area contributed by atoms with E-state index in [-0.39, 0.29) is 17.8 Å². The second-order valence-corrected chi connectivity index (χ2v) is 5.83. The molecule has 5 nitrogen and oxygen atoms in total. The van der Waals surface area contributed by atoms with Crippen molar-refractivity contribution in [3.63, 3.8) is 0 Å². The molecule has 1 aromatic heterocycles. The molecule has 1 saturated carbocycles. The molecule has 4 rings (SSSR count). The number of nitrogens with zero attached hydrogens (tertiary/aromatic N) is 3. The first-order chi connectivity index (χ1) is 10.7. The summed E-state index contributed by atoms with van der Waals surface area (Å²) in [5.74, 6) is -0.289. The van der Waals surface area contributed by atoms with Gasteiger partial charge in [-0.3, -0.25) is 4.79 Å². The fraction of sp³-hybridized carbons (Fsp3) is 0.375. The Labute approximate surface area is 127 Å². The first-order valence-electron chi connectivity index (χ1n) is 7.59. The van der Waals surface area contributed by atoms with Crippen LogP contribution in [-0.4, -0.2) is 39.2 Å². The standard InChI is InChI=1S/C16H17FN4O/c17-12-3-1-4-14(21-9-2-8-18-21)15(12)19-13-7-10-20(16(13)22)11-5-6-11/h1-4,8-9,11,13,19H,5-7,10H2. The fourth-order valence-corrected chi connectivity index (χ4v) is 3.02. The maximum atomic E-state index is 14.3. The second kappa shape index (κ2) is 5.12. The zero-order chi connectivity index (χ0) is 15.1. The molecule has 1 unspecified atom stereocenters. The largest absolute Gasteiger partial charge is 0.369 e. The molecule has 6 heteroatoms. The second-order valence-electron chi connectivity index (χ2n) is 5.83. The average Bonchev–Trinajstić information content (AvgIpc) is 3.08. The van der Waals surface area contributed by atoms with Crippen molar-refractivity contribution in [1.29, 1.82) is 0 Å². The lowest BCUT2D eigenvalue weighted by Gasteiger charge is -2.19. The van der Waals surface area contributed by atoms with E-state index in [9.17, 15) is 9.18 Å². The van der Waals surface area contributed by atoms with Crippen LogP contribution in [0.15, 0.2) is 36.7 Å². The van der Waals surface area contributed by atoms with Crippen molar-refractivity contribution in [3.05, 3.63) is 42.5 Å². The van der Waals surface area contributed by atoms with Crippen molar-refractivity contribution >= 4 is 11.6 Å². The summed E-state index contributed by atoms with van der Waals surface area (Å²) in [7, 11) is 0. The normalized spacial score (nSPS) is 21.4. The minimum absolute atomic E-state index is 0.0807. The number of aromatic nitrogens is 2. The summed E-state index contributed by atoms with van der Waals surface area (Å²) in [4.78, 5) is 14.3.